The van der Waals surface area contributed by atoms with E-state index in [1.54, 1.807) is 12.1 Å². The molecule has 0 bridgehead atoms. The van der Waals surface area contributed by atoms with Gasteiger partial charge in [0.1, 0.15) is 11.6 Å². The predicted molar refractivity (Wildman–Crippen MR) is 89.9 cm³/mol. The first kappa shape index (κ1) is 14.9. The largest absolute Gasteiger partial charge is 0.338 e. The second kappa shape index (κ2) is 5.74. The summed E-state index contributed by atoms with van der Waals surface area (Å²) in [5, 5.41) is 0. The first-order valence-electron chi connectivity index (χ1n) is 8.05. The molecule has 122 valence electrons. The topological polar surface area (TPSA) is 38.1 Å². The highest BCUT2D eigenvalue weighted by molar-refractivity contribution is 5.80. The molecule has 5 heteroatoms. The number of para-hydroxylation sites is 2. The van der Waals surface area contributed by atoms with Gasteiger partial charge in [0.2, 0.25) is 5.91 Å². The van der Waals surface area contributed by atoms with Crippen molar-refractivity contribution in [1.82, 2.24) is 14.5 Å². The Morgan fingerprint density at radius 2 is 1.92 bits per heavy atom. The van der Waals surface area contributed by atoms with Crippen molar-refractivity contribution in [2.24, 2.45) is 7.05 Å². The van der Waals surface area contributed by atoms with Crippen molar-refractivity contribution in [2.45, 2.75) is 18.9 Å². The van der Waals surface area contributed by atoms with Crippen molar-refractivity contribution >= 4 is 16.9 Å². The van der Waals surface area contributed by atoms with Gasteiger partial charge in [-0.05, 0) is 29.8 Å². The molecule has 1 aliphatic rings. The van der Waals surface area contributed by atoms with E-state index in [-0.39, 0.29) is 17.6 Å². The zero-order valence-corrected chi connectivity index (χ0v) is 13.4. The number of aromatic nitrogens is 2. The maximum Gasteiger partial charge on any atom is 0.223 e. The molecule has 1 aliphatic heterocycles. The molecule has 0 N–H and O–H groups in total. The quantitative estimate of drug-likeness (QED) is 0.742. The molecular weight excluding hydrogens is 305 g/mol. The van der Waals surface area contributed by atoms with Gasteiger partial charge in [0.15, 0.2) is 0 Å². The minimum atomic E-state index is -0.260. The maximum absolute atomic E-state index is 13.0. The van der Waals surface area contributed by atoms with Crippen LogP contribution in [-0.4, -0.2) is 26.9 Å². The summed E-state index contributed by atoms with van der Waals surface area (Å²) >= 11 is 0. The lowest BCUT2D eigenvalue weighted by molar-refractivity contribution is -0.128. The minimum absolute atomic E-state index is 0.0929. The maximum atomic E-state index is 13.0. The Hall–Kier alpha value is -2.69. The molecule has 2 heterocycles. The van der Waals surface area contributed by atoms with Crippen LogP contribution in [-0.2, 0) is 18.4 Å². The number of amides is 1. The molecule has 1 atom stereocenters. The summed E-state index contributed by atoms with van der Waals surface area (Å²) in [5.74, 6) is 0.905. The van der Waals surface area contributed by atoms with Crippen molar-refractivity contribution in [3.8, 4) is 0 Å². The van der Waals surface area contributed by atoms with E-state index in [1.165, 1.54) is 12.1 Å². The van der Waals surface area contributed by atoms with Gasteiger partial charge < -0.3 is 9.47 Å². The van der Waals surface area contributed by atoms with Crippen molar-refractivity contribution < 1.29 is 9.18 Å². The molecule has 1 fully saturated rings. The highest BCUT2D eigenvalue weighted by Gasteiger charge is 2.33. The zero-order valence-electron chi connectivity index (χ0n) is 13.4. The third kappa shape index (κ3) is 2.56. The van der Waals surface area contributed by atoms with Gasteiger partial charge in [0.25, 0.3) is 0 Å². The van der Waals surface area contributed by atoms with Crippen LogP contribution >= 0.6 is 0 Å². The fourth-order valence-corrected chi connectivity index (χ4v) is 3.44. The molecule has 1 saturated heterocycles. The molecule has 0 radical (unpaired) electrons. The first-order chi connectivity index (χ1) is 11.6. The van der Waals surface area contributed by atoms with E-state index in [0.29, 0.717) is 19.5 Å². The predicted octanol–water partition coefficient (Wildman–Crippen LogP) is 3.23. The number of carbonyl (C=O) groups is 1. The molecule has 4 rings (SSSR count). The van der Waals surface area contributed by atoms with Crippen LogP contribution in [0.2, 0.25) is 0 Å². The molecule has 0 saturated carbocycles. The van der Waals surface area contributed by atoms with Crippen LogP contribution in [0.1, 0.15) is 23.7 Å². The van der Waals surface area contributed by atoms with E-state index in [4.69, 9.17) is 4.98 Å². The second-order valence-corrected chi connectivity index (χ2v) is 6.32. The van der Waals surface area contributed by atoms with Crippen LogP contribution in [0, 0.1) is 5.82 Å². The van der Waals surface area contributed by atoms with E-state index in [1.807, 2.05) is 36.2 Å². The number of aryl methyl sites for hydroxylation is 1. The highest BCUT2D eigenvalue weighted by atomic mass is 19.1. The average Bonchev–Trinajstić information content (AvgIpc) is 3.11. The van der Waals surface area contributed by atoms with E-state index >= 15 is 0 Å². The number of rotatable bonds is 3. The normalized spacial score (nSPS) is 17.8. The summed E-state index contributed by atoms with van der Waals surface area (Å²) in [7, 11) is 2.00. The molecule has 24 heavy (non-hydrogen) atoms. The number of hydrogen-bond acceptors (Lipinski definition) is 2. The summed E-state index contributed by atoms with van der Waals surface area (Å²) in [6.45, 7) is 1.16. The van der Waals surface area contributed by atoms with Gasteiger partial charge in [-0.3, -0.25) is 4.79 Å². The van der Waals surface area contributed by atoms with Crippen LogP contribution < -0.4 is 0 Å². The monoisotopic (exact) mass is 323 g/mol. The summed E-state index contributed by atoms with van der Waals surface area (Å²) in [6.07, 6.45) is 0.471. The summed E-state index contributed by atoms with van der Waals surface area (Å²) < 4.78 is 15.1. The highest BCUT2D eigenvalue weighted by Crippen LogP contribution is 2.30. The Balaban J connectivity index is 1.56. The number of halogens is 1. The van der Waals surface area contributed by atoms with Crippen molar-refractivity contribution in [1.29, 1.82) is 0 Å². The standard InChI is InChI=1S/C19H18FN3O/c1-22-17-5-3-2-4-16(17)21-19(22)14-10-18(24)23(12-14)11-13-6-8-15(20)9-7-13/h2-9,14H,10-12H2,1H3. The third-order valence-corrected chi connectivity index (χ3v) is 4.69. The summed E-state index contributed by atoms with van der Waals surface area (Å²) in [6, 6.07) is 14.3. The van der Waals surface area contributed by atoms with Gasteiger partial charge in [-0.2, -0.15) is 0 Å². The van der Waals surface area contributed by atoms with Gasteiger partial charge in [-0.15, -0.1) is 0 Å². The number of fused-ring (bicyclic) bond motifs is 1. The summed E-state index contributed by atoms with van der Waals surface area (Å²) in [5.41, 5.74) is 2.98. The van der Waals surface area contributed by atoms with Crippen molar-refractivity contribution in [2.75, 3.05) is 6.54 Å². The van der Waals surface area contributed by atoms with E-state index in [2.05, 4.69) is 4.57 Å². The number of likely N-dealkylation sites (tertiary alicyclic amines) is 1. The molecule has 1 unspecified atom stereocenters. The van der Waals surface area contributed by atoms with Crippen LogP contribution in [0.4, 0.5) is 4.39 Å². The first-order valence-corrected chi connectivity index (χ1v) is 8.05. The lowest BCUT2D eigenvalue weighted by atomic mass is 10.1. The van der Waals surface area contributed by atoms with Crippen LogP contribution in [0.25, 0.3) is 11.0 Å². The van der Waals surface area contributed by atoms with Crippen LogP contribution in [0.3, 0.4) is 0 Å². The van der Waals surface area contributed by atoms with Gasteiger partial charge >= 0.3 is 0 Å². The van der Waals surface area contributed by atoms with Gasteiger partial charge in [0, 0.05) is 32.5 Å². The molecule has 0 spiro atoms. The number of carbonyl (C=O) groups excluding carboxylic acids is 1. The van der Waals surface area contributed by atoms with Crippen LogP contribution in [0.15, 0.2) is 48.5 Å². The fourth-order valence-electron chi connectivity index (χ4n) is 3.44. The Kier molecular flexibility index (Phi) is 3.56. The lowest BCUT2D eigenvalue weighted by Gasteiger charge is -2.16. The van der Waals surface area contributed by atoms with Crippen molar-refractivity contribution in [3.63, 3.8) is 0 Å². The molecule has 4 nitrogen and oxygen atoms in total. The Morgan fingerprint density at radius 1 is 1.17 bits per heavy atom. The minimum Gasteiger partial charge on any atom is -0.338 e. The number of imidazole rings is 1. The van der Waals surface area contributed by atoms with E-state index in [0.717, 1.165) is 22.4 Å². The molecule has 2 aromatic carbocycles. The Morgan fingerprint density at radius 3 is 2.67 bits per heavy atom. The molecule has 1 amide bonds. The van der Waals surface area contributed by atoms with Gasteiger partial charge in [0.05, 0.1) is 11.0 Å². The second-order valence-electron chi connectivity index (χ2n) is 6.32. The SMILES string of the molecule is Cn1c(C2CC(=O)N(Cc3ccc(F)cc3)C2)nc2ccccc21. The molecule has 1 aromatic heterocycles. The zero-order chi connectivity index (χ0) is 16.7. The van der Waals surface area contributed by atoms with E-state index in [9.17, 15) is 9.18 Å². The lowest BCUT2D eigenvalue weighted by Crippen LogP contribution is -2.24. The number of nitrogens with zero attached hydrogens (tertiary/aromatic N) is 3. The van der Waals surface area contributed by atoms with Crippen molar-refractivity contribution in [3.05, 3.63) is 65.7 Å². The molecular formula is C19H18FN3O. The Bertz CT molecular complexity index is 901. The number of benzene rings is 2. The Labute approximate surface area is 139 Å². The molecule has 3 aromatic rings. The van der Waals surface area contributed by atoms with Gasteiger partial charge in [-0.25, -0.2) is 9.37 Å². The molecule has 0 aliphatic carbocycles. The van der Waals surface area contributed by atoms with Gasteiger partial charge in [-0.1, -0.05) is 24.3 Å². The van der Waals surface area contributed by atoms with E-state index < -0.39 is 0 Å². The smallest absolute Gasteiger partial charge is 0.223 e. The third-order valence-electron chi connectivity index (χ3n) is 4.69. The summed E-state index contributed by atoms with van der Waals surface area (Å²) in [4.78, 5) is 18.9. The number of hydrogen-bond donors (Lipinski definition) is 0. The average molecular weight is 323 g/mol. The van der Waals surface area contributed by atoms with Crippen LogP contribution in [0.5, 0.6) is 0 Å². The fraction of sp³-hybridized carbons (Fsp3) is 0.263.